The third-order valence-corrected chi connectivity index (χ3v) is 4.46. The van der Waals surface area contributed by atoms with Crippen LogP contribution < -0.4 is 4.74 Å². The van der Waals surface area contributed by atoms with Crippen LogP contribution in [0.4, 0.5) is 0 Å². The maximum Gasteiger partial charge on any atom is 0.275 e. The zero-order valence-electron chi connectivity index (χ0n) is 15.3. The van der Waals surface area contributed by atoms with Gasteiger partial charge in [0.15, 0.2) is 11.5 Å². The SMILES string of the molecule is CN(CCCN1CCOCC1)C(=O)c1cc(COc2cncc(Cl)c2)on1. The molecule has 0 N–H and O–H groups in total. The van der Waals surface area contributed by atoms with Gasteiger partial charge >= 0.3 is 0 Å². The van der Waals surface area contributed by atoms with Crippen LogP contribution in [0.1, 0.15) is 22.7 Å². The Balaban J connectivity index is 1.44. The largest absolute Gasteiger partial charge is 0.484 e. The molecule has 1 aliphatic rings. The van der Waals surface area contributed by atoms with Crippen molar-refractivity contribution in [1.82, 2.24) is 19.9 Å². The van der Waals surface area contributed by atoms with Gasteiger partial charge in [0.25, 0.3) is 5.91 Å². The zero-order chi connectivity index (χ0) is 19.1. The van der Waals surface area contributed by atoms with Crippen LogP contribution in [0.25, 0.3) is 0 Å². The Labute approximate surface area is 163 Å². The molecule has 1 aliphatic heterocycles. The number of nitrogens with zero attached hydrogens (tertiary/aromatic N) is 4. The number of halogens is 1. The summed E-state index contributed by atoms with van der Waals surface area (Å²) in [5.41, 5.74) is 0.270. The summed E-state index contributed by atoms with van der Waals surface area (Å²) in [4.78, 5) is 20.4. The van der Waals surface area contributed by atoms with Crippen LogP contribution in [-0.4, -0.2) is 72.3 Å². The van der Waals surface area contributed by atoms with Crippen molar-refractivity contribution in [2.75, 3.05) is 46.4 Å². The van der Waals surface area contributed by atoms with Crippen LogP contribution in [0.15, 0.2) is 29.0 Å². The molecule has 3 heterocycles. The molecule has 0 saturated carbocycles. The van der Waals surface area contributed by atoms with Crippen molar-refractivity contribution in [3.63, 3.8) is 0 Å². The standard InChI is InChI=1S/C18H23ClN4O4/c1-22(3-2-4-23-5-7-25-8-6-23)18(24)17-10-16(27-21-17)13-26-15-9-14(19)11-20-12-15/h9-12H,2-8,13H2,1H3. The third kappa shape index (κ3) is 5.92. The van der Waals surface area contributed by atoms with Crippen molar-refractivity contribution < 1.29 is 18.8 Å². The summed E-state index contributed by atoms with van der Waals surface area (Å²) in [6.45, 7) is 5.21. The Morgan fingerprint density at radius 3 is 2.93 bits per heavy atom. The topological polar surface area (TPSA) is 80.9 Å². The third-order valence-electron chi connectivity index (χ3n) is 4.26. The molecular weight excluding hydrogens is 372 g/mol. The van der Waals surface area contributed by atoms with Gasteiger partial charge in [-0.05, 0) is 6.42 Å². The van der Waals surface area contributed by atoms with Crippen LogP contribution >= 0.6 is 11.6 Å². The van der Waals surface area contributed by atoms with Crippen molar-refractivity contribution in [3.8, 4) is 5.75 Å². The fourth-order valence-electron chi connectivity index (χ4n) is 2.76. The van der Waals surface area contributed by atoms with Crippen molar-refractivity contribution in [2.24, 2.45) is 0 Å². The van der Waals surface area contributed by atoms with Gasteiger partial charge in [0.05, 0.1) is 24.4 Å². The van der Waals surface area contributed by atoms with Crippen LogP contribution in [0.5, 0.6) is 5.75 Å². The van der Waals surface area contributed by atoms with Gasteiger partial charge in [-0.1, -0.05) is 16.8 Å². The summed E-state index contributed by atoms with van der Waals surface area (Å²) in [7, 11) is 1.77. The summed E-state index contributed by atoms with van der Waals surface area (Å²) in [5, 5.41) is 4.34. The predicted molar refractivity (Wildman–Crippen MR) is 98.9 cm³/mol. The number of carbonyl (C=O) groups is 1. The van der Waals surface area contributed by atoms with E-state index in [1.165, 1.54) is 6.20 Å². The average Bonchev–Trinajstić information content (AvgIpc) is 3.15. The van der Waals surface area contributed by atoms with Gasteiger partial charge in [-0.15, -0.1) is 0 Å². The van der Waals surface area contributed by atoms with Crippen molar-refractivity contribution in [3.05, 3.63) is 41.0 Å². The molecule has 0 unspecified atom stereocenters. The van der Waals surface area contributed by atoms with Gasteiger partial charge in [0, 0.05) is 51.6 Å². The molecule has 2 aromatic rings. The molecule has 2 aromatic heterocycles. The molecule has 1 saturated heterocycles. The summed E-state index contributed by atoms with van der Waals surface area (Å²) in [5.74, 6) is 0.809. The maximum atomic E-state index is 12.5. The second kappa shape index (κ2) is 9.68. The lowest BCUT2D eigenvalue weighted by molar-refractivity contribution is 0.0361. The van der Waals surface area contributed by atoms with Crippen LogP contribution in [0.3, 0.4) is 0 Å². The summed E-state index contributed by atoms with van der Waals surface area (Å²) in [6.07, 6.45) is 3.98. The lowest BCUT2D eigenvalue weighted by Gasteiger charge is -2.27. The highest BCUT2D eigenvalue weighted by Crippen LogP contribution is 2.17. The number of ether oxygens (including phenoxy) is 2. The quantitative estimate of drug-likeness (QED) is 0.678. The number of carbonyl (C=O) groups excluding carboxylic acids is 1. The first-order chi connectivity index (χ1) is 13.1. The number of amides is 1. The lowest BCUT2D eigenvalue weighted by atomic mass is 10.3. The number of hydrogen-bond acceptors (Lipinski definition) is 7. The van der Waals surface area contributed by atoms with Gasteiger partial charge in [-0.2, -0.15) is 0 Å². The molecule has 27 heavy (non-hydrogen) atoms. The number of rotatable bonds is 8. The first-order valence-corrected chi connectivity index (χ1v) is 9.24. The monoisotopic (exact) mass is 394 g/mol. The molecular formula is C18H23ClN4O4. The summed E-state index contributed by atoms with van der Waals surface area (Å²) < 4.78 is 16.1. The molecule has 3 rings (SSSR count). The zero-order valence-corrected chi connectivity index (χ0v) is 16.0. The smallest absolute Gasteiger partial charge is 0.275 e. The highest BCUT2D eigenvalue weighted by atomic mass is 35.5. The molecule has 0 bridgehead atoms. The molecule has 146 valence electrons. The Morgan fingerprint density at radius 2 is 2.15 bits per heavy atom. The molecule has 0 radical (unpaired) electrons. The second-order valence-corrected chi connectivity index (χ2v) is 6.78. The molecule has 0 spiro atoms. The van der Waals surface area contributed by atoms with E-state index < -0.39 is 0 Å². The Morgan fingerprint density at radius 1 is 1.33 bits per heavy atom. The van der Waals surface area contributed by atoms with Crippen molar-refractivity contribution in [1.29, 1.82) is 0 Å². The van der Waals surface area contributed by atoms with Crippen molar-refractivity contribution in [2.45, 2.75) is 13.0 Å². The minimum Gasteiger partial charge on any atom is -0.484 e. The molecule has 1 fully saturated rings. The number of aromatic nitrogens is 2. The molecule has 0 aliphatic carbocycles. The average molecular weight is 395 g/mol. The first kappa shape index (κ1) is 19.6. The highest BCUT2D eigenvalue weighted by molar-refractivity contribution is 6.30. The number of morpholine rings is 1. The van der Waals surface area contributed by atoms with Crippen LogP contribution in [-0.2, 0) is 11.3 Å². The summed E-state index contributed by atoms with van der Waals surface area (Å²) in [6, 6.07) is 3.25. The van der Waals surface area contributed by atoms with E-state index in [0.717, 1.165) is 39.3 Å². The van der Waals surface area contributed by atoms with Gasteiger partial charge in [0.2, 0.25) is 0 Å². The van der Waals surface area contributed by atoms with Gasteiger partial charge in [-0.25, -0.2) is 0 Å². The van der Waals surface area contributed by atoms with Crippen LogP contribution in [0.2, 0.25) is 5.02 Å². The Bertz CT molecular complexity index is 748. The normalized spacial score (nSPS) is 14.9. The Hall–Kier alpha value is -2.16. The van der Waals surface area contributed by atoms with E-state index in [0.29, 0.717) is 23.1 Å². The van der Waals surface area contributed by atoms with E-state index in [1.54, 1.807) is 30.3 Å². The fraction of sp³-hybridized carbons (Fsp3) is 0.500. The van der Waals surface area contributed by atoms with Gasteiger partial charge < -0.3 is 18.9 Å². The molecule has 8 nitrogen and oxygen atoms in total. The van der Waals surface area contributed by atoms with Gasteiger partial charge in [-0.3, -0.25) is 14.7 Å². The molecule has 0 aromatic carbocycles. The minimum atomic E-state index is -0.170. The van der Waals surface area contributed by atoms with E-state index in [4.69, 9.17) is 25.6 Å². The van der Waals surface area contributed by atoms with E-state index in [-0.39, 0.29) is 18.2 Å². The van der Waals surface area contributed by atoms with Crippen molar-refractivity contribution >= 4 is 17.5 Å². The highest BCUT2D eigenvalue weighted by Gasteiger charge is 2.18. The van der Waals surface area contributed by atoms with Gasteiger partial charge in [0.1, 0.15) is 12.4 Å². The van der Waals surface area contributed by atoms with Crippen LogP contribution in [0, 0.1) is 0 Å². The number of pyridine rings is 1. The predicted octanol–water partition coefficient (Wildman–Crippen LogP) is 2.10. The van der Waals surface area contributed by atoms with E-state index in [1.807, 2.05) is 0 Å². The molecule has 9 heteroatoms. The number of hydrogen-bond donors (Lipinski definition) is 0. The fourth-order valence-corrected chi connectivity index (χ4v) is 2.92. The maximum absolute atomic E-state index is 12.5. The molecule has 0 atom stereocenters. The molecule has 1 amide bonds. The lowest BCUT2D eigenvalue weighted by Crippen LogP contribution is -2.38. The second-order valence-electron chi connectivity index (χ2n) is 6.34. The minimum absolute atomic E-state index is 0.142. The Kier molecular flexibility index (Phi) is 7.03. The van der Waals surface area contributed by atoms with E-state index >= 15 is 0 Å². The summed E-state index contributed by atoms with van der Waals surface area (Å²) >= 11 is 5.86. The van der Waals surface area contributed by atoms with E-state index in [2.05, 4.69) is 15.0 Å². The first-order valence-electron chi connectivity index (χ1n) is 8.86. The van der Waals surface area contributed by atoms with E-state index in [9.17, 15) is 4.79 Å².